The molecule has 0 atom stereocenters. The summed E-state index contributed by atoms with van der Waals surface area (Å²) in [5, 5.41) is 8.33. The number of nitrogen functional groups attached to an aromatic ring is 1. The zero-order valence-corrected chi connectivity index (χ0v) is 7.13. The van der Waals surface area contributed by atoms with Gasteiger partial charge in [-0.1, -0.05) is 19.9 Å². The Kier molecular flexibility index (Phi) is 4.47. The first-order chi connectivity index (χ1) is 5.75. The molecule has 2 N–H and O–H groups in total. The summed E-state index contributed by atoms with van der Waals surface area (Å²) in [6.45, 7) is 4.00. The van der Waals surface area contributed by atoms with Crippen LogP contribution in [0.3, 0.4) is 0 Å². The Morgan fingerprint density at radius 2 is 2.00 bits per heavy atom. The van der Waals surface area contributed by atoms with Crippen LogP contribution in [-0.4, -0.2) is 0 Å². The van der Waals surface area contributed by atoms with Gasteiger partial charge in [0, 0.05) is 0 Å². The summed E-state index contributed by atoms with van der Waals surface area (Å²) in [6, 6.07) is 5.82. The lowest BCUT2D eigenvalue weighted by Gasteiger charge is -1.95. The van der Waals surface area contributed by atoms with Crippen LogP contribution >= 0.6 is 0 Å². The van der Waals surface area contributed by atoms with Crippen LogP contribution in [0.2, 0.25) is 0 Å². The normalized spacial score (nSPS) is 7.83. The molecule has 1 aromatic rings. The number of halogens is 1. The molecular weight excluding hydrogens is 155 g/mol. The zero-order chi connectivity index (χ0) is 9.56. The third-order valence-electron chi connectivity index (χ3n) is 1.16. The molecule has 0 spiro atoms. The lowest BCUT2D eigenvalue weighted by molar-refractivity contribution is 0.624. The molecule has 0 aromatic heterocycles. The van der Waals surface area contributed by atoms with Crippen LogP contribution < -0.4 is 5.73 Å². The second-order valence-electron chi connectivity index (χ2n) is 1.82. The van der Waals surface area contributed by atoms with E-state index in [9.17, 15) is 4.39 Å². The standard InChI is InChI=1S/C7H5FN2.C2H6/c8-6-2-1-3-7(10)5(6)4-9;1-2/h1-3H,10H2;1-2H3. The highest BCUT2D eigenvalue weighted by atomic mass is 19.1. The largest absolute Gasteiger partial charge is 0.398 e. The van der Waals surface area contributed by atoms with Gasteiger partial charge in [-0.3, -0.25) is 0 Å². The molecule has 0 saturated heterocycles. The number of nitrogens with zero attached hydrogens (tertiary/aromatic N) is 1. The van der Waals surface area contributed by atoms with Gasteiger partial charge in [0.1, 0.15) is 17.4 Å². The number of nitriles is 1. The molecule has 0 heterocycles. The molecule has 0 aliphatic rings. The Morgan fingerprint density at radius 1 is 1.42 bits per heavy atom. The Bertz CT molecular complexity index is 269. The van der Waals surface area contributed by atoms with Crippen LogP contribution in [-0.2, 0) is 0 Å². The average Bonchev–Trinajstić information content (AvgIpc) is 2.08. The fourth-order valence-electron chi connectivity index (χ4n) is 0.659. The lowest BCUT2D eigenvalue weighted by Crippen LogP contribution is -1.92. The zero-order valence-electron chi connectivity index (χ0n) is 7.13. The molecule has 0 aliphatic carbocycles. The summed E-state index contributed by atoms with van der Waals surface area (Å²) in [7, 11) is 0. The summed E-state index contributed by atoms with van der Waals surface area (Å²) in [5.41, 5.74) is 5.37. The predicted molar refractivity (Wildman–Crippen MR) is 46.9 cm³/mol. The minimum Gasteiger partial charge on any atom is -0.398 e. The highest BCUT2D eigenvalue weighted by Crippen LogP contribution is 2.12. The summed E-state index contributed by atoms with van der Waals surface area (Å²) in [4.78, 5) is 0. The SMILES string of the molecule is CC.N#Cc1c(N)cccc1F. The molecular formula is C9H11FN2. The summed E-state index contributed by atoms with van der Waals surface area (Å²) < 4.78 is 12.5. The number of rotatable bonds is 0. The minimum atomic E-state index is -0.567. The second-order valence-corrected chi connectivity index (χ2v) is 1.82. The average molecular weight is 166 g/mol. The Morgan fingerprint density at radius 3 is 2.33 bits per heavy atom. The first-order valence-electron chi connectivity index (χ1n) is 3.70. The van der Waals surface area contributed by atoms with Crippen molar-refractivity contribution in [2.75, 3.05) is 5.73 Å². The van der Waals surface area contributed by atoms with Crippen molar-refractivity contribution in [2.45, 2.75) is 13.8 Å². The molecule has 0 unspecified atom stereocenters. The molecule has 2 nitrogen and oxygen atoms in total. The van der Waals surface area contributed by atoms with E-state index in [1.807, 2.05) is 13.8 Å². The van der Waals surface area contributed by atoms with E-state index in [-0.39, 0.29) is 11.3 Å². The van der Waals surface area contributed by atoms with E-state index in [0.717, 1.165) is 0 Å². The highest BCUT2D eigenvalue weighted by molar-refractivity contribution is 5.54. The molecule has 3 heteroatoms. The van der Waals surface area contributed by atoms with Gasteiger partial charge >= 0.3 is 0 Å². The van der Waals surface area contributed by atoms with Crippen molar-refractivity contribution in [3.05, 3.63) is 29.6 Å². The Labute approximate surface area is 71.4 Å². The van der Waals surface area contributed by atoms with Gasteiger partial charge in [-0.25, -0.2) is 4.39 Å². The number of nitrogens with two attached hydrogens (primary N) is 1. The first kappa shape index (κ1) is 10.4. The van der Waals surface area contributed by atoms with Crippen molar-refractivity contribution in [1.29, 1.82) is 5.26 Å². The minimum absolute atomic E-state index is 0.0810. The fourth-order valence-corrected chi connectivity index (χ4v) is 0.659. The number of hydrogen-bond acceptors (Lipinski definition) is 2. The van der Waals surface area contributed by atoms with Crippen molar-refractivity contribution in [1.82, 2.24) is 0 Å². The number of hydrogen-bond donors (Lipinski definition) is 1. The molecule has 0 aliphatic heterocycles. The summed E-state index contributed by atoms with van der Waals surface area (Å²) in [6.07, 6.45) is 0. The van der Waals surface area contributed by atoms with Crippen LogP contribution in [0.15, 0.2) is 18.2 Å². The highest BCUT2D eigenvalue weighted by Gasteiger charge is 2.02. The summed E-state index contributed by atoms with van der Waals surface area (Å²) in [5.74, 6) is -0.567. The van der Waals surface area contributed by atoms with E-state index in [1.54, 1.807) is 6.07 Å². The van der Waals surface area contributed by atoms with Gasteiger partial charge in [0.25, 0.3) is 0 Å². The van der Waals surface area contributed by atoms with Crippen molar-refractivity contribution in [3.63, 3.8) is 0 Å². The molecule has 64 valence electrons. The van der Waals surface area contributed by atoms with E-state index >= 15 is 0 Å². The van der Waals surface area contributed by atoms with Crippen LogP contribution in [0.4, 0.5) is 10.1 Å². The van der Waals surface area contributed by atoms with Gasteiger partial charge in [-0.2, -0.15) is 5.26 Å². The molecule has 12 heavy (non-hydrogen) atoms. The van der Waals surface area contributed by atoms with E-state index in [2.05, 4.69) is 0 Å². The second kappa shape index (κ2) is 5.14. The van der Waals surface area contributed by atoms with Gasteiger partial charge in [0.15, 0.2) is 0 Å². The van der Waals surface area contributed by atoms with Crippen molar-refractivity contribution in [2.24, 2.45) is 0 Å². The van der Waals surface area contributed by atoms with Gasteiger partial charge in [-0.15, -0.1) is 0 Å². The maximum absolute atomic E-state index is 12.5. The molecule has 1 rings (SSSR count). The third kappa shape index (κ3) is 2.24. The van der Waals surface area contributed by atoms with E-state index in [0.29, 0.717) is 0 Å². The lowest BCUT2D eigenvalue weighted by atomic mass is 10.2. The number of benzene rings is 1. The molecule has 0 radical (unpaired) electrons. The van der Waals surface area contributed by atoms with Crippen molar-refractivity contribution in [3.8, 4) is 6.07 Å². The van der Waals surface area contributed by atoms with Crippen molar-refractivity contribution >= 4 is 5.69 Å². The van der Waals surface area contributed by atoms with E-state index < -0.39 is 5.82 Å². The van der Waals surface area contributed by atoms with Crippen LogP contribution in [0.5, 0.6) is 0 Å². The van der Waals surface area contributed by atoms with Crippen molar-refractivity contribution < 1.29 is 4.39 Å². The predicted octanol–water partition coefficient (Wildman–Crippen LogP) is 2.31. The topological polar surface area (TPSA) is 49.8 Å². The van der Waals surface area contributed by atoms with Gasteiger partial charge in [0.2, 0.25) is 0 Å². The molecule has 0 bridgehead atoms. The Hall–Kier alpha value is -1.56. The molecule has 0 fully saturated rings. The maximum Gasteiger partial charge on any atom is 0.143 e. The molecule has 0 amide bonds. The van der Waals surface area contributed by atoms with Gasteiger partial charge in [-0.05, 0) is 12.1 Å². The first-order valence-corrected chi connectivity index (χ1v) is 3.70. The van der Waals surface area contributed by atoms with Crippen LogP contribution in [0, 0.1) is 17.1 Å². The quantitative estimate of drug-likeness (QED) is 0.601. The maximum atomic E-state index is 12.5. The number of anilines is 1. The Balaban J connectivity index is 0.000000561. The monoisotopic (exact) mass is 166 g/mol. The van der Waals surface area contributed by atoms with E-state index in [4.69, 9.17) is 11.0 Å². The van der Waals surface area contributed by atoms with Crippen LogP contribution in [0.1, 0.15) is 19.4 Å². The third-order valence-corrected chi connectivity index (χ3v) is 1.16. The van der Waals surface area contributed by atoms with Gasteiger partial charge in [0.05, 0.1) is 5.69 Å². The van der Waals surface area contributed by atoms with Gasteiger partial charge < -0.3 is 5.73 Å². The smallest absolute Gasteiger partial charge is 0.143 e. The molecule has 0 saturated carbocycles. The fraction of sp³-hybridized carbons (Fsp3) is 0.222. The summed E-state index contributed by atoms with van der Waals surface area (Å²) >= 11 is 0. The molecule has 1 aromatic carbocycles. The van der Waals surface area contributed by atoms with Crippen LogP contribution in [0.25, 0.3) is 0 Å². The van der Waals surface area contributed by atoms with E-state index in [1.165, 1.54) is 18.2 Å².